The number of anilines is 1. The summed E-state index contributed by atoms with van der Waals surface area (Å²) in [6, 6.07) is 14.1. The summed E-state index contributed by atoms with van der Waals surface area (Å²) in [5.74, 6) is 0. The standard InChI is InChI=1S/C20H26N2O/c1-14-10-15(2)12-16(11-14)13-21-19(23)22-18-9-7-6-8-17(18)20(3,4)5/h6-12H,13H2,1-5H3,(H2,21,22,23). The van der Waals surface area contributed by atoms with Crippen molar-refractivity contribution in [2.45, 2.75) is 46.6 Å². The average molecular weight is 310 g/mol. The molecule has 0 saturated heterocycles. The zero-order chi connectivity index (χ0) is 17.0. The van der Waals surface area contributed by atoms with E-state index in [9.17, 15) is 4.79 Å². The average Bonchev–Trinajstić information content (AvgIpc) is 2.43. The lowest BCUT2D eigenvalue weighted by atomic mass is 9.86. The van der Waals surface area contributed by atoms with Gasteiger partial charge in [0.25, 0.3) is 0 Å². The maximum atomic E-state index is 12.2. The fourth-order valence-corrected chi connectivity index (χ4v) is 2.77. The minimum atomic E-state index is -0.180. The second-order valence-electron chi connectivity index (χ2n) is 7.10. The van der Waals surface area contributed by atoms with E-state index in [1.807, 2.05) is 18.2 Å². The van der Waals surface area contributed by atoms with Gasteiger partial charge < -0.3 is 10.6 Å². The van der Waals surface area contributed by atoms with Gasteiger partial charge >= 0.3 is 6.03 Å². The maximum Gasteiger partial charge on any atom is 0.319 e. The molecule has 3 nitrogen and oxygen atoms in total. The minimum Gasteiger partial charge on any atom is -0.334 e. The SMILES string of the molecule is Cc1cc(C)cc(CNC(=O)Nc2ccccc2C(C)(C)C)c1. The number of rotatable bonds is 3. The molecule has 0 unspecified atom stereocenters. The fourth-order valence-electron chi connectivity index (χ4n) is 2.77. The molecule has 2 rings (SSSR count). The van der Waals surface area contributed by atoms with E-state index in [1.165, 1.54) is 11.1 Å². The van der Waals surface area contributed by atoms with Crippen LogP contribution in [0.2, 0.25) is 0 Å². The Morgan fingerprint density at radius 1 is 1.00 bits per heavy atom. The molecule has 0 aromatic heterocycles. The van der Waals surface area contributed by atoms with Crippen LogP contribution in [-0.2, 0) is 12.0 Å². The molecule has 0 aliphatic rings. The van der Waals surface area contributed by atoms with Crippen LogP contribution < -0.4 is 10.6 Å². The molecule has 2 aromatic carbocycles. The third-order valence-electron chi connectivity index (χ3n) is 3.72. The molecular formula is C20H26N2O. The third kappa shape index (κ3) is 4.85. The predicted octanol–water partition coefficient (Wildman–Crippen LogP) is 4.92. The van der Waals surface area contributed by atoms with Crippen LogP contribution >= 0.6 is 0 Å². The zero-order valence-corrected chi connectivity index (χ0v) is 14.7. The van der Waals surface area contributed by atoms with Gasteiger partial charge in [-0.3, -0.25) is 0 Å². The van der Waals surface area contributed by atoms with Crippen molar-refractivity contribution in [2.75, 3.05) is 5.32 Å². The molecule has 0 fully saturated rings. The number of hydrogen-bond acceptors (Lipinski definition) is 1. The molecule has 23 heavy (non-hydrogen) atoms. The Hall–Kier alpha value is -2.29. The second-order valence-corrected chi connectivity index (χ2v) is 7.10. The first-order valence-electron chi connectivity index (χ1n) is 7.97. The second kappa shape index (κ2) is 6.86. The van der Waals surface area contributed by atoms with Crippen LogP contribution in [0.25, 0.3) is 0 Å². The van der Waals surface area contributed by atoms with E-state index in [1.54, 1.807) is 0 Å². The Balaban J connectivity index is 2.03. The molecule has 0 aliphatic carbocycles. The molecule has 0 atom stereocenters. The number of aryl methyl sites for hydroxylation is 2. The van der Waals surface area contributed by atoms with Crippen LogP contribution in [0.4, 0.5) is 10.5 Å². The highest BCUT2D eigenvalue weighted by Gasteiger charge is 2.18. The van der Waals surface area contributed by atoms with Crippen molar-refractivity contribution in [3.63, 3.8) is 0 Å². The number of benzene rings is 2. The number of carbonyl (C=O) groups is 1. The van der Waals surface area contributed by atoms with E-state index in [0.29, 0.717) is 6.54 Å². The van der Waals surface area contributed by atoms with Crippen LogP contribution in [0.5, 0.6) is 0 Å². The van der Waals surface area contributed by atoms with Gasteiger partial charge in [-0.2, -0.15) is 0 Å². The summed E-state index contributed by atoms with van der Waals surface area (Å²) in [7, 11) is 0. The summed E-state index contributed by atoms with van der Waals surface area (Å²) < 4.78 is 0. The largest absolute Gasteiger partial charge is 0.334 e. The number of hydrogen-bond donors (Lipinski definition) is 2. The summed E-state index contributed by atoms with van der Waals surface area (Å²) in [6.07, 6.45) is 0. The lowest BCUT2D eigenvalue weighted by molar-refractivity contribution is 0.251. The van der Waals surface area contributed by atoms with Crippen molar-refractivity contribution >= 4 is 11.7 Å². The third-order valence-corrected chi connectivity index (χ3v) is 3.72. The molecule has 0 aliphatic heterocycles. The van der Waals surface area contributed by atoms with Crippen LogP contribution in [-0.4, -0.2) is 6.03 Å². The Labute approximate surface area is 139 Å². The van der Waals surface area contributed by atoms with Crippen LogP contribution in [0.3, 0.4) is 0 Å². The van der Waals surface area contributed by atoms with Crippen LogP contribution in [0, 0.1) is 13.8 Å². The maximum absolute atomic E-state index is 12.2. The molecule has 0 radical (unpaired) electrons. The molecule has 0 heterocycles. The highest BCUT2D eigenvalue weighted by Crippen LogP contribution is 2.29. The monoisotopic (exact) mass is 310 g/mol. The molecule has 0 saturated carbocycles. The zero-order valence-electron chi connectivity index (χ0n) is 14.7. The summed E-state index contributed by atoms with van der Waals surface area (Å²) in [5, 5.41) is 5.90. The van der Waals surface area contributed by atoms with Crippen molar-refractivity contribution in [3.05, 3.63) is 64.7 Å². The van der Waals surface area contributed by atoms with E-state index in [4.69, 9.17) is 0 Å². The molecular weight excluding hydrogens is 284 g/mol. The number of carbonyl (C=O) groups excluding carboxylic acids is 1. The van der Waals surface area contributed by atoms with E-state index < -0.39 is 0 Å². The Kier molecular flexibility index (Phi) is 5.09. The molecule has 0 bridgehead atoms. The summed E-state index contributed by atoms with van der Waals surface area (Å²) in [5.41, 5.74) is 5.50. The normalized spacial score (nSPS) is 11.2. The van der Waals surface area contributed by atoms with E-state index >= 15 is 0 Å². The van der Waals surface area contributed by atoms with Crippen molar-refractivity contribution in [3.8, 4) is 0 Å². The lowest BCUT2D eigenvalue weighted by Crippen LogP contribution is -2.29. The van der Waals surface area contributed by atoms with E-state index in [0.717, 1.165) is 16.8 Å². The van der Waals surface area contributed by atoms with Gasteiger partial charge in [-0.05, 0) is 36.5 Å². The van der Waals surface area contributed by atoms with Crippen LogP contribution in [0.1, 0.15) is 43.0 Å². The van der Waals surface area contributed by atoms with Gasteiger partial charge in [0.2, 0.25) is 0 Å². The van der Waals surface area contributed by atoms with Crippen molar-refractivity contribution in [1.29, 1.82) is 0 Å². The lowest BCUT2D eigenvalue weighted by Gasteiger charge is -2.23. The molecule has 2 aromatic rings. The highest BCUT2D eigenvalue weighted by atomic mass is 16.2. The number of urea groups is 1. The number of amides is 2. The molecule has 2 N–H and O–H groups in total. The minimum absolute atomic E-state index is 0.0163. The number of nitrogens with one attached hydrogen (secondary N) is 2. The first kappa shape index (κ1) is 17.1. The Bertz CT molecular complexity index is 679. The Morgan fingerprint density at radius 3 is 2.22 bits per heavy atom. The Morgan fingerprint density at radius 2 is 1.61 bits per heavy atom. The van der Waals surface area contributed by atoms with Gasteiger partial charge in [0.05, 0.1) is 0 Å². The van der Waals surface area contributed by atoms with E-state index in [-0.39, 0.29) is 11.4 Å². The van der Waals surface area contributed by atoms with Crippen molar-refractivity contribution in [2.24, 2.45) is 0 Å². The quantitative estimate of drug-likeness (QED) is 0.830. The van der Waals surface area contributed by atoms with Crippen molar-refractivity contribution < 1.29 is 4.79 Å². The predicted molar refractivity (Wildman–Crippen MR) is 96.9 cm³/mol. The van der Waals surface area contributed by atoms with Gasteiger partial charge in [-0.15, -0.1) is 0 Å². The van der Waals surface area contributed by atoms with Gasteiger partial charge in [-0.1, -0.05) is 68.3 Å². The van der Waals surface area contributed by atoms with Gasteiger partial charge in [0.15, 0.2) is 0 Å². The summed E-state index contributed by atoms with van der Waals surface area (Å²) in [4.78, 5) is 12.2. The first-order chi connectivity index (χ1) is 10.8. The van der Waals surface area contributed by atoms with E-state index in [2.05, 4.69) is 69.5 Å². The number of para-hydroxylation sites is 1. The summed E-state index contributed by atoms with van der Waals surface area (Å²) in [6.45, 7) is 11.1. The van der Waals surface area contributed by atoms with Crippen molar-refractivity contribution in [1.82, 2.24) is 5.32 Å². The first-order valence-corrected chi connectivity index (χ1v) is 7.97. The van der Waals surface area contributed by atoms with Crippen LogP contribution in [0.15, 0.2) is 42.5 Å². The molecule has 122 valence electrons. The fraction of sp³-hybridized carbons (Fsp3) is 0.350. The highest BCUT2D eigenvalue weighted by molar-refractivity contribution is 5.90. The van der Waals surface area contributed by atoms with Gasteiger partial charge in [0.1, 0.15) is 0 Å². The molecule has 2 amide bonds. The summed E-state index contributed by atoms with van der Waals surface area (Å²) >= 11 is 0. The molecule has 3 heteroatoms. The van der Waals surface area contributed by atoms with Gasteiger partial charge in [-0.25, -0.2) is 4.79 Å². The smallest absolute Gasteiger partial charge is 0.319 e. The van der Waals surface area contributed by atoms with Gasteiger partial charge in [0, 0.05) is 12.2 Å². The molecule has 0 spiro atoms. The topological polar surface area (TPSA) is 41.1 Å².